The third-order valence-corrected chi connectivity index (χ3v) is 15.4. The predicted molar refractivity (Wildman–Crippen MR) is 292 cm³/mol. The molecule has 0 aromatic heterocycles. The number of methoxy groups -OCH3 is 3. The number of benzene rings is 7. The molecule has 17 nitrogen and oxygen atoms in total. The highest BCUT2D eigenvalue weighted by Gasteiger charge is 2.76. The van der Waals surface area contributed by atoms with Crippen molar-refractivity contribution < 1.29 is 57.6 Å². The lowest BCUT2D eigenvalue weighted by Gasteiger charge is -2.46. The third kappa shape index (κ3) is 9.37. The third-order valence-electron chi connectivity index (χ3n) is 15.4. The maximum Gasteiger partial charge on any atom is 0.421 e. The smallest absolute Gasteiger partial charge is 0.421 e. The summed E-state index contributed by atoms with van der Waals surface area (Å²) < 4.78 is 35.5. The molecule has 6 atom stereocenters. The van der Waals surface area contributed by atoms with Crippen LogP contribution in [0.15, 0.2) is 164 Å². The molecule has 0 saturated carbocycles. The molecule has 2 fully saturated rings. The Balaban J connectivity index is 1.18. The van der Waals surface area contributed by atoms with Gasteiger partial charge in [-0.1, -0.05) is 84.6 Å². The molecule has 4 aliphatic rings. The minimum absolute atomic E-state index is 0.0577. The highest BCUT2D eigenvalue weighted by Crippen LogP contribution is 2.66. The van der Waals surface area contributed by atoms with E-state index >= 15 is 19.2 Å². The Hall–Kier alpha value is -9.50. The number of hydrogen-bond acceptors (Lipinski definition) is 14. The SMILES string of the molecule is COc1ccc(C#Cc2ccc3c(c2)C2(C(=O)N3C(=O)OCc3ccc([N+](=O)[O-])cc3)C(C(=O)N3CCc4cc(OC)c(OC)cc4C3)C3C(=O)OC(c4ccccc4)C(c4ccccc4)N3C2c2cccc(OCCO)c2)cc1. The lowest BCUT2D eigenvalue weighted by molar-refractivity contribution is -0.384. The Labute approximate surface area is 460 Å². The molecule has 2 saturated heterocycles. The number of aliphatic hydroxyl groups excluding tert-OH is 1. The molecule has 404 valence electrons. The first kappa shape index (κ1) is 52.5. The first-order valence-electron chi connectivity index (χ1n) is 26.0. The number of fused-ring (bicyclic) bond motifs is 4. The largest absolute Gasteiger partial charge is 0.497 e. The maximum absolute atomic E-state index is 17.0. The molecule has 3 amide bonds. The second-order valence-electron chi connectivity index (χ2n) is 19.7. The average molecular weight is 1080 g/mol. The summed E-state index contributed by atoms with van der Waals surface area (Å²) in [4.78, 5) is 80.2. The lowest BCUT2D eigenvalue weighted by Crippen LogP contribution is -2.57. The zero-order chi connectivity index (χ0) is 55.7. The van der Waals surface area contributed by atoms with Gasteiger partial charge in [-0.3, -0.25) is 29.4 Å². The number of esters is 1. The Bertz CT molecular complexity index is 3590. The number of rotatable bonds is 13. The molecule has 7 aromatic carbocycles. The summed E-state index contributed by atoms with van der Waals surface area (Å²) in [5.74, 6) is 4.60. The van der Waals surface area contributed by atoms with E-state index in [9.17, 15) is 15.2 Å². The summed E-state index contributed by atoms with van der Waals surface area (Å²) in [6.45, 7) is -0.524. The van der Waals surface area contributed by atoms with Gasteiger partial charge in [0.15, 0.2) is 11.5 Å². The number of aliphatic hydroxyl groups is 1. The van der Waals surface area contributed by atoms with Crippen LogP contribution in [-0.4, -0.2) is 90.8 Å². The molecule has 17 heteroatoms. The first-order chi connectivity index (χ1) is 39.0. The highest BCUT2D eigenvalue weighted by molar-refractivity contribution is 6.23. The quantitative estimate of drug-likeness (QED) is 0.0497. The zero-order valence-electron chi connectivity index (χ0n) is 43.9. The Kier molecular flexibility index (Phi) is 14.5. The fourth-order valence-corrected chi connectivity index (χ4v) is 11.9. The number of amides is 3. The fraction of sp³-hybridized carbons (Fsp3) is 0.238. The van der Waals surface area contributed by atoms with Gasteiger partial charge >= 0.3 is 12.1 Å². The van der Waals surface area contributed by atoms with E-state index in [0.29, 0.717) is 62.8 Å². The lowest BCUT2D eigenvalue weighted by atomic mass is 9.64. The monoisotopic (exact) mass is 1070 g/mol. The minimum Gasteiger partial charge on any atom is -0.497 e. The molecule has 6 unspecified atom stereocenters. The number of nitro groups is 1. The number of hydrogen-bond donors (Lipinski definition) is 1. The van der Waals surface area contributed by atoms with Crippen molar-refractivity contribution in [1.82, 2.24) is 9.80 Å². The van der Waals surface area contributed by atoms with Crippen molar-refractivity contribution in [3.05, 3.63) is 224 Å². The number of anilines is 1. The van der Waals surface area contributed by atoms with Gasteiger partial charge in [-0.25, -0.2) is 9.69 Å². The van der Waals surface area contributed by atoms with Gasteiger partial charge in [0.2, 0.25) is 11.8 Å². The van der Waals surface area contributed by atoms with E-state index in [4.69, 9.17) is 28.4 Å². The number of nitro benzene ring substituents is 1. The standard InChI is InChI=1S/C63H54N4O13/c1-75-48-26-21-39(22-27-48)17-18-40-23-28-51-50(33-40)63(61(71)65(51)62(72)79-38-41-19-24-47(25-20-41)67(73)74)54(59(69)64-30-29-44-35-52(76-2)53(77-3)36-46(44)37-64)56-60(70)80-57(43-13-8-5-9-14-43)55(42-11-6-4-7-12-42)66(56)58(63)45-15-10-16-49(34-45)78-32-31-68/h4-16,19-28,33-36,54-58,68H,29-32,37-38H2,1-3H3. The first-order valence-corrected chi connectivity index (χ1v) is 26.0. The number of non-ortho nitro benzene ring substituents is 1. The molecule has 0 aliphatic carbocycles. The van der Waals surface area contributed by atoms with Crippen LogP contribution in [0.4, 0.5) is 16.2 Å². The van der Waals surface area contributed by atoms with E-state index in [1.807, 2.05) is 77.7 Å². The molecule has 0 bridgehead atoms. The van der Waals surface area contributed by atoms with Gasteiger partial charge in [0, 0.05) is 36.3 Å². The zero-order valence-corrected chi connectivity index (χ0v) is 43.9. The van der Waals surface area contributed by atoms with Gasteiger partial charge in [0.1, 0.15) is 42.3 Å². The normalized spacial score (nSPS) is 20.8. The van der Waals surface area contributed by atoms with Gasteiger partial charge in [-0.15, -0.1) is 0 Å². The van der Waals surface area contributed by atoms with Crippen molar-refractivity contribution in [3.8, 4) is 34.8 Å². The number of morpholine rings is 1. The van der Waals surface area contributed by atoms with Crippen LogP contribution in [0.25, 0.3) is 0 Å². The van der Waals surface area contributed by atoms with Crippen molar-refractivity contribution in [2.45, 2.75) is 49.2 Å². The van der Waals surface area contributed by atoms with E-state index in [0.717, 1.165) is 16.0 Å². The van der Waals surface area contributed by atoms with Crippen LogP contribution in [0.1, 0.15) is 68.3 Å². The molecular weight excluding hydrogens is 1020 g/mol. The van der Waals surface area contributed by atoms with E-state index in [2.05, 4.69) is 11.8 Å². The van der Waals surface area contributed by atoms with E-state index in [-0.39, 0.29) is 49.8 Å². The van der Waals surface area contributed by atoms with Gasteiger partial charge < -0.3 is 38.4 Å². The van der Waals surface area contributed by atoms with Crippen LogP contribution in [0, 0.1) is 27.9 Å². The van der Waals surface area contributed by atoms with Crippen molar-refractivity contribution in [2.24, 2.45) is 5.92 Å². The van der Waals surface area contributed by atoms with Crippen LogP contribution < -0.4 is 23.8 Å². The molecule has 4 heterocycles. The number of carbonyl (C=O) groups excluding carboxylic acids is 4. The van der Waals surface area contributed by atoms with Crippen molar-refractivity contribution in [2.75, 3.05) is 46.0 Å². The highest BCUT2D eigenvalue weighted by atomic mass is 16.6. The molecule has 7 aromatic rings. The van der Waals surface area contributed by atoms with E-state index in [1.54, 1.807) is 85.8 Å². The number of nitrogens with zero attached hydrogens (tertiary/aromatic N) is 4. The molecule has 4 aliphatic heterocycles. The molecular formula is C63H54N4O13. The van der Waals surface area contributed by atoms with Crippen LogP contribution in [0.3, 0.4) is 0 Å². The summed E-state index contributed by atoms with van der Waals surface area (Å²) >= 11 is 0. The van der Waals surface area contributed by atoms with Gasteiger partial charge in [-0.05, 0) is 124 Å². The predicted octanol–water partition coefficient (Wildman–Crippen LogP) is 8.98. The van der Waals surface area contributed by atoms with Crippen LogP contribution in [0.5, 0.6) is 23.0 Å². The average Bonchev–Trinajstić information content (AvgIpc) is 4.07. The van der Waals surface area contributed by atoms with E-state index in [1.165, 1.54) is 31.4 Å². The number of carbonyl (C=O) groups is 4. The molecule has 1 spiro atoms. The second-order valence-corrected chi connectivity index (χ2v) is 19.7. The number of ether oxygens (including phenoxy) is 6. The Morgan fingerprint density at radius 3 is 2.06 bits per heavy atom. The van der Waals surface area contributed by atoms with Crippen LogP contribution >= 0.6 is 0 Å². The van der Waals surface area contributed by atoms with Gasteiger partial charge in [-0.2, -0.15) is 0 Å². The van der Waals surface area contributed by atoms with Gasteiger partial charge in [0.05, 0.1) is 56.5 Å². The Morgan fingerprint density at radius 2 is 1.39 bits per heavy atom. The van der Waals surface area contributed by atoms with Crippen LogP contribution in [-0.2, 0) is 48.8 Å². The van der Waals surface area contributed by atoms with Crippen molar-refractivity contribution >= 4 is 35.3 Å². The second kappa shape index (κ2) is 22.1. The van der Waals surface area contributed by atoms with Crippen molar-refractivity contribution in [1.29, 1.82) is 0 Å². The van der Waals surface area contributed by atoms with E-state index < -0.39 is 64.4 Å². The molecule has 1 N–H and O–H groups in total. The molecule has 0 radical (unpaired) electrons. The number of cyclic esters (lactones) is 1. The molecule has 11 rings (SSSR count). The maximum atomic E-state index is 17.0. The summed E-state index contributed by atoms with van der Waals surface area (Å²) in [6, 6.07) is 43.4. The van der Waals surface area contributed by atoms with Crippen LogP contribution in [0.2, 0.25) is 0 Å². The summed E-state index contributed by atoms with van der Waals surface area (Å²) in [5.41, 5.74) is 2.91. The summed E-state index contributed by atoms with van der Waals surface area (Å²) in [7, 11) is 4.65. The minimum atomic E-state index is -2.17. The summed E-state index contributed by atoms with van der Waals surface area (Å²) in [5, 5.41) is 21.5. The number of imide groups is 1. The fourth-order valence-electron chi connectivity index (χ4n) is 11.9. The van der Waals surface area contributed by atoms with Crippen molar-refractivity contribution in [3.63, 3.8) is 0 Å². The van der Waals surface area contributed by atoms with Gasteiger partial charge in [0.25, 0.3) is 5.69 Å². The summed E-state index contributed by atoms with van der Waals surface area (Å²) in [6.07, 6.45) is -1.71. The Morgan fingerprint density at radius 1 is 0.725 bits per heavy atom. The molecule has 80 heavy (non-hydrogen) atoms. The topological polar surface area (TPSA) is 197 Å².